The van der Waals surface area contributed by atoms with E-state index >= 15 is 0 Å². The molecule has 0 fully saturated rings. The number of hydrogen-bond donors (Lipinski definition) is 0. The van der Waals surface area contributed by atoms with Crippen LogP contribution < -0.4 is 4.74 Å². The maximum absolute atomic E-state index is 6.71. The van der Waals surface area contributed by atoms with Crippen molar-refractivity contribution < 1.29 is 4.74 Å². The molecule has 0 aliphatic heterocycles. The van der Waals surface area contributed by atoms with Gasteiger partial charge in [-0.3, -0.25) is 0 Å². The summed E-state index contributed by atoms with van der Waals surface area (Å²) in [5.41, 5.74) is 7.49. The first kappa shape index (κ1) is 27.7. The second kappa shape index (κ2) is 14.0. The van der Waals surface area contributed by atoms with Gasteiger partial charge < -0.3 is 4.74 Å². The van der Waals surface area contributed by atoms with Crippen molar-refractivity contribution in [3.05, 3.63) is 105 Å². The second-order valence-corrected chi connectivity index (χ2v) is 11.5. The average Bonchev–Trinajstić information content (AvgIpc) is 2.91. The number of rotatable bonds is 12. The smallest absolute Gasteiger partial charge is 0.130 e. The number of aryl methyl sites for hydroxylation is 2. The molecule has 0 saturated heterocycles. The monoisotopic (exact) mass is 618 g/mol. The van der Waals surface area contributed by atoms with Gasteiger partial charge in [0.15, 0.2) is 0 Å². The van der Waals surface area contributed by atoms with Crippen LogP contribution in [0.3, 0.4) is 0 Å². The quantitative estimate of drug-likeness (QED) is 0.143. The van der Waals surface area contributed by atoms with Crippen LogP contribution in [0.1, 0.15) is 63.5 Å². The van der Waals surface area contributed by atoms with Gasteiger partial charge in [-0.05, 0) is 108 Å². The Morgan fingerprint density at radius 2 is 0.865 bits per heavy atom. The first-order chi connectivity index (χ1) is 18.1. The van der Waals surface area contributed by atoms with Crippen LogP contribution in [0.5, 0.6) is 11.5 Å². The fourth-order valence-corrected chi connectivity index (χ4v) is 5.17. The Balaban J connectivity index is 1.66. The van der Waals surface area contributed by atoms with Crippen LogP contribution in [0, 0.1) is 0 Å². The van der Waals surface area contributed by atoms with Crippen molar-refractivity contribution in [2.75, 3.05) is 0 Å². The zero-order valence-electron chi connectivity index (χ0n) is 21.9. The van der Waals surface area contributed by atoms with Crippen molar-refractivity contribution in [2.45, 2.75) is 65.2 Å². The van der Waals surface area contributed by atoms with Crippen LogP contribution in [0.4, 0.5) is 0 Å². The Labute approximate surface area is 239 Å². The lowest BCUT2D eigenvalue weighted by Gasteiger charge is -2.17. The summed E-state index contributed by atoms with van der Waals surface area (Å²) in [7, 11) is 0. The molecule has 192 valence electrons. The molecule has 0 aliphatic rings. The highest BCUT2D eigenvalue weighted by molar-refractivity contribution is 9.10. The van der Waals surface area contributed by atoms with Gasteiger partial charge in [0.25, 0.3) is 0 Å². The Morgan fingerprint density at radius 3 is 1.24 bits per heavy atom. The number of ether oxygens (including phenoxy) is 1. The molecular formula is C34H36Br2O. The van der Waals surface area contributed by atoms with Crippen LogP contribution in [0.25, 0.3) is 22.3 Å². The summed E-state index contributed by atoms with van der Waals surface area (Å²) in [4.78, 5) is 0. The van der Waals surface area contributed by atoms with E-state index in [0.29, 0.717) is 0 Å². The van der Waals surface area contributed by atoms with E-state index in [1.54, 1.807) is 0 Å². The molecule has 4 aromatic carbocycles. The average molecular weight is 620 g/mol. The molecule has 0 bridgehead atoms. The molecule has 0 N–H and O–H groups in total. The molecule has 0 aromatic heterocycles. The summed E-state index contributed by atoms with van der Waals surface area (Å²) in [5.74, 6) is 1.95. The van der Waals surface area contributed by atoms with Gasteiger partial charge in [0.1, 0.15) is 11.5 Å². The van der Waals surface area contributed by atoms with E-state index in [4.69, 9.17) is 4.74 Å². The number of hydrogen-bond acceptors (Lipinski definition) is 1. The lowest BCUT2D eigenvalue weighted by molar-refractivity contribution is 0.467. The molecule has 0 spiro atoms. The normalized spacial score (nSPS) is 11.0. The topological polar surface area (TPSA) is 9.23 Å². The molecule has 1 nitrogen and oxygen atoms in total. The van der Waals surface area contributed by atoms with Crippen molar-refractivity contribution in [2.24, 2.45) is 0 Å². The van der Waals surface area contributed by atoms with Gasteiger partial charge in [-0.1, -0.05) is 108 Å². The van der Waals surface area contributed by atoms with E-state index in [0.717, 1.165) is 33.3 Å². The van der Waals surface area contributed by atoms with Crippen LogP contribution in [-0.4, -0.2) is 0 Å². The molecule has 4 aromatic rings. The maximum Gasteiger partial charge on any atom is 0.130 e. The Morgan fingerprint density at radius 1 is 0.486 bits per heavy atom. The van der Waals surface area contributed by atoms with Gasteiger partial charge in [0.2, 0.25) is 0 Å². The largest absolute Gasteiger partial charge is 0.457 e. The Hall–Kier alpha value is -2.36. The molecule has 0 atom stereocenters. The summed E-state index contributed by atoms with van der Waals surface area (Å²) in [6.45, 7) is 4.51. The van der Waals surface area contributed by atoms with Gasteiger partial charge >= 0.3 is 0 Å². The highest BCUT2D eigenvalue weighted by Crippen LogP contribution is 2.36. The van der Waals surface area contributed by atoms with E-state index < -0.39 is 0 Å². The van der Waals surface area contributed by atoms with Gasteiger partial charge in [-0.2, -0.15) is 0 Å². The van der Waals surface area contributed by atoms with E-state index in [2.05, 4.69) is 131 Å². The van der Waals surface area contributed by atoms with Gasteiger partial charge in [0, 0.05) is 8.95 Å². The molecule has 0 saturated carbocycles. The predicted molar refractivity (Wildman–Crippen MR) is 166 cm³/mol. The van der Waals surface area contributed by atoms with E-state index in [1.165, 1.54) is 71.9 Å². The summed E-state index contributed by atoms with van der Waals surface area (Å²) in [5, 5.41) is 0. The number of unbranched alkanes of at least 4 members (excludes halogenated alkanes) is 4. The van der Waals surface area contributed by atoms with Crippen molar-refractivity contribution in [3.8, 4) is 33.8 Å². The molecule has 3 heteroatoms. The Bertz CT molecular complexity index is 1180. The zero-order chi connectivity index (χ0) is 26.0. The predicted octanol–water partition coefficient (Wildman–Crippen LogP) is 11.8. The second-order valence-electron chi connectivity index (χ2n) is 9.68. The third-order valence-electron chi connectivity index (χ3n) is 6.80. The lowest BCUT2D eigenvalue weighted by atomic mass is 9.98. The van der Waals surface area contributed by atoms with Crippen molar-refractivity contribution in [3.63, 3.8) is 0 Å². The summed E-state index contributed by atoms with van der Waals surface area (Å²) >= 11 is 7.11. The molecular weight excluding hydrogens is 584 g/mol. The molecule has 4 rings (SSSR count). The SMILES string of the molecule is CCCCCc1cc(-c2ccc(Br)cc2)ccc1Oc1ccc(-c2ccc(Br)cc2)cc1CCCCC. The van der Waals surface area contributed by atoms with Crippen LogP contribution in [0.15, 0.2) is 93.9 Å². The summed E-state index contributed by atoms with van der Waals surface area (Å²) < 4.78 is 8.90. The van der Waals surface area contributed by atoms with Crippen molar-refractivity contribution >= 4 is 31.9 Å². The number of benzene rings is 4. The first-order valence-corrected chi connectivity index (χ1v) is 15.1. The fraction of sp³-hybridized carbons (Fsp3) is 0.294. The van der Waals surface area contributed by atoms with Gasteiger partial charge in [0.05, 0.1) is 0 Å². The first-order valence-electron chi connectivity index (χ1n) is 13.5. The van der Waals surface area contributed by atoms with Gasteiger partial charge in [-0.25, -0.2) is 0 Å². The highest BCUT2D eigenvalue weighted by atomic mass is 79.9. The maximum atomic E-state index is 6.71. The lowest BCUT2D eigenvalue weighted by Crippen LogP contribution is -1.98. The molecule has 0 heterocycles. The molecule has 0 amide bonds. The van der Waals surface area contributed by atoms with E-state index in [-0.39, 0.29) is 0 Å². The van der Waals surface area contributed by atoms with Crippen LogP contribution >= 0.6 is 31.9 Å². The van der Waals surface area contributed by atoms with Gasteiger partial charge in [-0.15, -0.1) is 0 Å². The van der Waals surface area contributed by atoms with Crippen LogP contribution in [0.2, 0.25) is 0 Å². The minimum Gasteiger partial charge on any atom is -0.457 e. The fourth-order valence-electron chi connectivity index (χ4n) is 4.64. The standard InChI is InChI=1S/C34H36Br2O/c1-3-5-7-9-29-23-27(25-11-17-31(35)18-12-25)15-21-33(29)37-34-22-16-28(24-30(34)10-8-6-4-2)26-13-19-32(36)20-14-26/h11-24H,3-10H2,1-2H3. The molecule has 0 aliphatic carbocycles. The third kappa shape index (κ3) is 7.82. The zero-order valence-corrected chi connectivity index (χ0v) is 25.1. The summed E-state index contributed by atoms with van der Waals surface area (Å²) in [6, 6.07) is 30.4. The minimum atomic E-state index is 0.977. The minimum absolute atomic E-state index is 0.977. The Kier molecular flexibility index (Phi) is 10.5. The highest BCUT2D eigenvalue weighted by Gasteiger charge is 2.12. The number of halogens is 2. The summed E-state index contributed by atoms with van der Waals surface area (Å²) in [6.07, 6.45) is 9.26. The third-order valence-corrected chi connectivity index (χ3v) is 7.85. The van der Waals surface area contributed by atoms with Crippen LogP contribution in [-0.2, 0) is 12.8 Å². The van der Waals surface area contributed by atoms with E-state index in [9.17, 15) is 0 Å². The van der Waals surface area contributed by atoms with Crippen molar-refractivity contribution in [1.29, 1.82) is 0 Å². The molecule has 0 unspecified atom stereocenters. The van der Waals surface area contributed by atoms with E-state index in [1.807, 2.05) is 0 Å². The molecule has 37 heavy (non-hydrogen) atoms. The molecule has 0 radical (unpaired) electrons. The van der Waals surface area contributed by atoms with Crippen molar-refractivity contribution in [1.82, 2.24) is 0 Å².